The maximum absolute atomic E-state index is 3.62. The molecule has 0 saturated carbocycles. The smallest absolute Gasteiger partial charge is 0.0496 e. The molecule has 2 aromatic rings. The molecule has 0 bridgehead atoms. The molecule has 1 N–H and O–H groups in total. The zero-order valence-corrected chi connectivity index (χ0v) is 14.5. The Bertz CT molecular complexity index is 593. The quantitative estimate of drug-likeness (QED) is 0.686. The molecule has 0 heterocycles. The Kier molecular flexibility index (Phi) is 4.69. The standard InChI is InChI=1S/C16H17Br2N/c1-10-5-4-6-16(11(10)2)19-12(3)14-8-7-13(17)9-15(14)18/h4-9,12,19H,1-3H3. The lowest BCUT2D eigenvalue weighted by Crippen LogP contribution is -2.08. The van der Waals surface area contributed by atoms with Crippen LogP contribution in [0.5, 0.6) is 0 Å². The molecule has 100 valence electrons. The van der Waals surface area contributed by atoms with E-state index in [9.17, 15) is 0 Å². The predicted molar refractivity (Wildman–Crippen MR) is 89.8 cm³/mol. The Morgan fingerprint density at radius 1 is 1.05 bits per heavy atom. The van der Waals surface area contributed by atoms with Crippen molar-refractivity contribution in [3.05, 3.63) is 62.0 Å². The molecule has 0 aliphatic heterocycles. The van der Waals surface area contributed by atoms with E-state index in [-0.39, 0.29) is 6.04 Å². The van der Waals surface area contributed by atoms with E-state index in [0.29, 0.717) is 0 Å². The highest BCUT2D eigenvalue weighted by molar-refractivity contribution is 9.11. The minimum absolute atomic E-state index is 0.253. The molecule has 19 heavy (non-hydrogen) atoms. The molecule has 2 rings (SSSR count). The van der Waals surface area contributed by atoms with E-state index < -0.39 is 0 Å². The van der Waals surface area contributed by atoms with E-state index in [0.717, 1.165) is 8.95 Å². The van der Waals surface area contributed by atoms with Crippen LogP contribution in [0.1, 0.15) is 29.7 Å². The molecule has 0 spiro atoms. The number of nitrogens with one attached hydrogen (secondary N) is 1. The lowest BCUT2D eigenvalue weighted by Gasteiger charge is -2.19. The summed E-state index contributed by atoms with van der Waals surface area (Å²) in [4.78, 5) is 0. The van der Waals surface area contributed by atoms with Gasteiger partial charge in [0.2, 0.25) is 0 Å². The first-order valence-corrected chi connectivity index (χ1v) is 7.85. The van der Waals surface area contributed by atoms with Gasteiger partial charge in [0.1, 0.15) is 0 Å². The Labute approximate surface area is 131 Å². The fourth-order valence-electron chi connectivity index (χ4n) is 2.07. The Hall–Kier alpha value is -0.800. The number of hydrogen-bond donors (Lipinski definition) is 1. The van der Waals surface area contributed by atoms with Gasteiger partial charge in [0.25, 0.3) is 0 Å². The average Bonchev–Trinajstić information content (AvgIpc) is 2.34. The second kappa shape index (κ2) is 6.10. The summed E-state index contributed by atoms with van der Waals surface area (Å²) in [6.07, 6.45) is 0. The van der Waals surface area contributed by atoms with E-state index in [1.54, 1.807) is 0 Å². The summed E-state index contributed by atoms with van der Waals surface area (Å²) in [6.45, 7) is 6.47. The molecule has 1 nitrogen and oxygen atoms in total. The number of hydrogen-bond acceptors (Lipinski definition) is 1. The van der Waals surface area contributed by atoms with Gasteiger partial charge < -0.3 is 5.32 Å². The molecule has 3 heteroatoms. The molecule has 0 aliphatic carbocycles. The third kappa shape index (κ3) is 3.40. The van der Waals surface area contributed by atoms with Gasteiger partial charge in [-0.3, -0.25) is 0 Å². The van der Waals surface area contributed by atoms with Crippen molar-refractivity contribution in [1.82, 2.24) is 0 Å². The average molecular weight is 383 g/mol. The van der Waals surface area contributed by atoms with E-state index in [4.69, 9.17) is 0 Å². The van der Waals surface area contributed by atoms with Gasteiger partial charge in [-0.15, -0.1) is 0 Å². The monoisotopic (exact) mass is 381 g/mol. The second-order valence-corrected chi connectivity index (χ2v) is 6.55. The van der Waals surface area contributed by atoms with Crippen molar-refractivity contribution in [3.8, 4) is 0 Å². The number of rotatable bonds is 3. The normalized spacial score (nSPS) is 12.3. The van der Waals surface area contributed by atoms with Crippen LogP contribution in [0, 0.1) is 13.8 Å². The summed E-state index contributed by atoms with van der Waals surface area (Å²) >= 11 is 7.11. The van der Waals surface area contributed by atoms with Crippen LogP contribution in [0.3, 0.4) is 0 Å². The van der Waals surface area contributed by atoms with Crippen molar-refractivity contribution in [3.63, 3.8) is 0 Å². The first-order chi connectivity index (χ1) is 8.99. The molecule has 0 saturated heterocycles. The van der Waals surface area contributed by atoms with Gasteiger partial charge in [0, 0.05) is 20.7 Å². The molecule has 2 aromatic carbocycles. The molecule has 1 atom stereocenters. The van der Waals surface area contributed by atoms with Crippen LogP contribution in [-0.2, 0) is 0 Å². The summed E-state index contributed by atoms with van der Waals surface area (Å²) in [5, 5.41) is 3.58. The van der Waals surface area contributed by atoms with Crippen LogP contribution in [0.4, 0.5) is 5.69 Å². The van der Waals surface area contributed by atoms with Crippen LogP contribution in [0.15, 0.2) is 45.3 Å². The van der Waals surface area contributed by atoms with Gasteiger partial charge in [-0.25, -0.2) is 0 Å². The molecule has 1 unspecified atom stereocenters. The van der Waals surface area contributed by atoms with E-state index in [1.165, 1.54) is 22.4 Å². The fourth-order valence-corrected chi connectivity index (χ4v) is 3.46. The van der Waals surface area contributed by atoms with Crippen LogP contribution >= 0.6 is 31.9 Å². The summed E-state index contributed by atoms with van der Waals surface area (Å²) < 4.78 is 2.20. The molecule has 0 fully saturated rings. The van der Waals surface area contributed by atoms with E-state index >= 15 is 0 Å². The second-order valence-electron chi connectivity index (χ2n) is 4.78. The maximum Gasteiger partial charge on any atom is 0.0496 e. The fraction of sp³-hybridized carbons (Fsp3) is 0.250. The number of halogens is 2. The SMILES string of the molecule is Cc1cccc(NC(C)c2ccc(Br)cc2Br)c1C. The number of anilines is 1. The highest BCUT2D eigenvalue weighted by atomic mass is 79.9. The molecular formula is C16H17Br2N. The van der Waals surface area contributed by atoms with Crippen LogP contribution in [0.25, 0.3) is 0 Å². The zero-order valence-electron chi connectivity index (χ0n) is 11.3. The lowest BCUT2D eigenvalue weighted by atomic mass is 10.1. The van der Waals surface area contributed by atoms with Crippen molar-refractivity contribution >= 4 is 37.5 Å². The van der Waals surface area contributed by atoms with Crippen LogP contribution < -0.4 is 5.32 Å². The van der Waals surface area contributed by atoms with Crippen molar-refractivity contribution in [1.29, 1.82) is 0 Å². The maximum atomic E-state index is 3.62. The van der Waals surface area contributed by atoms with Gasteiger partial charge in [-0.1, -0.05) is 50.1 Å². The van der Waals surface area contributed by atoms with Crippen molar-refractivity contribution < 1.29 is 0 Å². The minimum Gasteiger partial charge on any atom is -0.378 e. The largest absolute Gasteiger partial charge is 0.378 e. The van der Waals surface area contributed by atoms with Gasteiger partial charge >= 0.3 is 0 Å². The first kappa shape index (κ1) is 14.6. The van der Waals surface area contributed by atoms with Crippen LogP contribution in [0.2, 0.25) is 0 Å². The predicted octanol–water partition coefficient (Wildman–Crippen LogP) is 6.00. The van der Waals surface area contributed by atoms with Crippen LogP contribution in [-0.4, -0.2) is 0 Å². The van der Waals surface area contributed by atoms with Gasteiger partial charge in [0.15, 0.2) is 0 Å². The molecule has 0 aromatic heterocycles. The number of benzene rings is 2. The van der Waals surface area contributed by atoms with Crippen molar-refractivity contribution in [2.75, 3.05) is 5.32 Å². The van der Waals surface area contributed by atoms with E-state index in [1.807, 2.05) is 0 Å². The van der Waals surface area contributed by atoms with Crippen molar-refractivity contribution in [2.24, 2.45) is 0 Å². The molecular weight excluding hydrogens is 366 g/mol. The summed E-state index contributed by atoms with van der Waals surface area (Å²) in [5.41, 5.74) is 5.07. The Morgan fingerprint density at radius 3 is 2.47 bits per heavy atom. The van der Waals surface area contributed by atoms with E-state index in [2.05, 4.69) is 94.3 Å². The van der Waals surface area contributed by atoms with Gasteiger partial charge in [0.05, 0.1) is 0 Å². The zero-order chi connectivity index (χ0) is 14.0. The topological polar surface area (TPSA) is 12.0 Å². The third-order valence-corrected chi connectivity index (χ3v) is 4.59. The van der Waals surface area contributed by atoms with Crippen molar-refractivity contribution in [2.45, 2.75) is 26.8 Å². The summed E-state index contributed by atoms with van der Waals surface area (Å²) in [7, 11) is 0. The third-order valence-electron chi connectivity index (χ3n) is 3.41. The summed E-state index contributed by atoms with van der Waals surface area (Å²) in [6, 6.07) is 12.9. The first-order valence-electron chi connectivity index (χ1n) is 6.26. The Morgan fingerprint density at radius 2 is 1.79 bits per heavy atom. The summed E-state index contributed by atoms with van der Waals surface area (Å²) in [5.74, 6) is 0. The highest BCUT2D eigenvalue weighted by Crippen LogP contribution is 2.30. The lowest BCUT2D eigenvalue weighted by molar-refractivity contribution is 0.875. The minimum atomic E-state index is 0.253. The molecule has 0 radical (unpaired) electrons. The van der Waals surface area contributed by atoms with Gasteiger partial charge in [-0.05, 0) is 55.7 Å². The molecule has 0 aliphatic rings. The highest BCUT2D eigenvalue weighted by Gasteiger charge is 2.11. The Balaban J connectivity index is 2.25. The molecule has 0 amide bonds. The van der Waals surface area contributed by atoms with Gasteiger partial charge in [-0.2, -0.15) is 0 Å². The number of aryl methyl sites for hydroxylation is 1.